The van der Waals surface area contributed by atoms with Crippen molar-refractivity contribution in [2.24, 2.45) is 10.2 Å². The van der Waals surface area contributed by atoms with Gasteiger partial charge in [-0.2, -0.15) is 0 Å². The molecule has 4 aromatic rings. The summed E-state index contributed by atoms with van der Waals surface area (Å²) in [4.78, 5) is 25.3. The molecule has 2 amide bonds. The molecule has 0 fully saturated rings. The Morgan fingerprint density at radius 3 is 2.39 bits per heavy atom. The monoisotopic (exact) mass is 412 g/mol. The van der Waals surface area contributed by atoms with E-state index in [9.17, 15) is 14.7 Å². The fourth-order valence-corrected chi connectivity index (χ4v) is 3.40. The molecule has 1 heterocycles. The van der Waals surface area contributed by atoms with Crippen molar-refractivity contribution in [2.45, 2.75) is 13.5 Å². The summed E-state index contributed by atoms with van der Waals surface area (Å²) < 4.78 is 1.70. The summed E-state index contributed by atoms with van der Waals surface area (Å²) in [5.41, 5.74) is 2.05. The van der Waals surface area contributed by atoms with E-state index < -0.39 is 5.91 Å². The Kier molecular flexibility index (Phi) is 5.57. The largest absolute Gasteiger partial charge is 0.493 e. The lowest BCUT2D eigenvalue weighted by Gasteiger charge is -2.08. The van der Waals surface area contributed by atoms with Crippen LogP contribution in [0.1, 0.15) is 27.6 Å². The van der Waals surface area contributed by atoms with Gasteiger partial charge >= 0.3 is 0 Å². The highest BCUT2D eigenvalue weighted by molar-refractivity contribution is 6.09. The standard InChI is InChI=1S/C24H20N4O3/c1-2-28-20-15-9-7-13-18(20)21(24(28)31)26-27-23(30)17-12-6-8-14-19(17)25-22(29)16-10-4-3-5-11-16/h3-15,31H,2H2,1H3,(H,25,29). The zero-order valence-corrected chi connectivity index (χ0v) is 16.8. The average Bonchev–Trinajstić information content (AvgIpc) is 3.08. The number of amides is 2. The molecule has 0 bridgehead atoms. The van der Waals surface area contributed by atoms with Gasteiger partial charge in [0.25, 0.3) is 11.8 Å². The third kappa shape index (κ3) is 3.93. The Morgan fingerprint density at radius 2 is 1.61 bits per heavy atom. The normalized spacial score (nSPS) is 11.1. The van der Waals surface area contributed by atoms with E-state index in [1.54, 1.807) is 53.1 Å². The van der Waals surface area contributed by atoms with Crippen molar-refractivity contribution in [1.82, 2.24) is 4.57 Å². The lowest BCUT2D eigenvalue weighted by molar-refractivity contribution is 0.0996. The Balaban J connectivity index is 1.63. The van der Waals surface area contributed by atoms with Crippen molar-refractivity contribution in [2.75, 3.05) is 5.32 Å². The van der Waals surface area contributed by atoms with Crippen LogP contribution >= 0.6 is 0 Å². The van der Waals surface area contributed by atoms with Crippen LogP contribution in [0.4, 0.5) is 11.4 Å². The number of anilines is 1. The van der Waals surface area contributed by atoms with E-state index >= 15 is 0 Å². The summed E-state index contributed by atoms with van der Waals surface area (Å²) in [5, 5.41) is 21.9. The fraction of sp³-hybridized carbons (Fsp3) is 0.0833. The van der Waals surface area contributed by atoms with Crippen LogP contribution in [0.2, 0.25) is 0 Å². The summed E-state index contributed by atoms with van der Waals surface area (Å²) in [6.07, 6.45) is 0. The number of para-hydroxylation sites is 2. The van der Waals surface area contributed by atoms with Gasteiger partial charge in [0.2, 0.25) is 5.88 Å². The first-order valence-electron chi connectivity index (χ1n) is 9.82. The third-order valence-corrected chi connectivity index (χ3v) is 4.92. The first kappa shape index (κ1) is 20.0. The number of benzene rings is 3. The summed E-state index contributed by atoms with van der Waals surface area (Å²) >= 11 is 0. The molecule has 31 heavy (non-hydrogen) atoms. The molecular formula is C24H20N4O3. The van der Waals surface area contributed by atoms with Gasteiger partial charge in [-0.1, -0.05) is 48.5 Å². The first-order valence-corrected chi connectivity index (χ1v) is 9.82. The van der Waals surface area contributed by atoms with E-state index in [4.69, 9.17) is 0 Å². The zero-order chi connectivity index (χ0) is 21.8. The van der Waals surface area contributed by atoms with E-state index in [1.165, 1.54) is 0 Å². The van der Waals surface area contributed by atoms with Gasteiger partial charge in [-0.3, -0.25) is 9.59 Å². The Labute approximate surface area is 178 Å². The quantitative estimate of drug-likeness (QED) is 0.421. The molecule has 0 spiro atoms. The molecule has 0 unspecified atom stereocenters. The van der Waals surface area contributed by atoms with Crippen molar-refractivity contribution >= 4 is 34.1 Å². The van der Waals surface area contributed by atoms with Crippen LogP contribution in [0.5, 0.6) is 5.88 Å². The number of carbonyl (C=O) groups excluding carboxylic acids is 2. The lowest BCUT2D eigenvalue weighted by Crippen LogP contribution is -2.14. The van der Waals surface area contributed by atoms with Gasteiger partial charge < -0.3 is 15.0 Å². The molecule has 0 saturated carbocycles. The molecule has 0 aliphatic heterocycles. The van der Waals surface area contributed by atoms with Crippen LogP contribution < -0.4 is 5.32 Å². The zero-order valence-electron chi connectivity index (χ0n) is 16.8. The number of fused-ring (bicyclic) bond motifs is 1. The molecule has 7 heteroatoms. The van der Waals surface area contributed by atoms with E-state index in [0.29, 0.717) is 23.2 Å². The number of rotatable bonds is 5. The maximum atomic E-state index is 12.8. The molecule has 2 N–H and O–H groups in total. The van der Waals surface area contributed by atoms with Crippen LogP contribution in [0.25, 0.3) is 10.9 Å². The number of hydrogen-bond donors (Lipinski definition) is 2. The smallest absolute Gasteiger partial charge is 0.297 e. The lowest BCUT2D eigenvalue weighted by atomic mass is 10.1. The SMILES string of the molecule is CCn1c(O)c(N=NC(=O)c2ccccc2NC(=O)c2ccccc2)c2ccccc21. The van der Waals surface area contributed by atoms with Crippen LogP contribution in [0.15, 0.2) is 89.1 Å². The van der Waals surface area contributed by atoms with Gasteiger partial charge in [-0.05, 0) is 37.3 Å². The number of hydrogen-bond acceptors (Lipinski definition) is 4. The van der Waals surface area contributed by atoms with E-state index in [1.807, 2.05) is 37.3 Å². The Hall–Kier alpha value is -4.26. The number of carbonyl (C=O) groups is 2. The van der Waals surface area contributed by atoms with Gasteiger partial charge in [0.15, 0.2) is 5.69 Å². The van der Waals surface area contributed by atoms with Crippen molar-refractivity contribution in [3.05, 3.63) is 90.0 Å². The number of nitrogens with one attached hydrogen (secondary N) is 1. The molecule has 0 aliphatic carbocycles. The Bertz CT molecular complexity index is 1290. The number of aryl methyl sites for hydroxylation is 1. The van der Waals surface area contributed by atoms with Crippen molar-refractivity contribution < 1.29 is 14.7 Å². The van der Waals surface area contributed by atoms with Crippen LogP contribution in [-0.2, 0) is 6.54 Å². The maximum absolute atomic E-state index is 12.8. The molecule has 154 valence electrons. The highest BCUT2D eigenvalue weighted by Gasteiger charge is 2.17. The number of aromatic nitrogens is 1. The van der Waals surface area contributed by atoms with Crippen molar-refractivity contribution in [1.29, 1.82) is 0 Å². The van der Waals surface area contributed by atoms with E-state index in [0.717, 1.165) is 5.52 Å². The number of nitrogens with zero attached hydrogens (tertiary/aromatic N) is 3. The van der Waals surface area contributed by atoms with E-state index in [2.05, 4.69) is 15.5 Å². The second-order valence-electron chi connectivity index (χ2n) is 6.80. The summed E-state index contributed by atoms with van der Waals surface area (Å²) in [5.74, 6) is -1.01. The van der Waals surface area contributed by atoms with Gasteiger partial charge in [0.1, 0.15) is 0 Å². The predicted molar refractivity (Wildman–Crippen MR) is 119 cm³/mol. The molecule has 4 rings (SSSR count). The summed E-state index contributed by atoms with van der Waals surface area (Å²) in [6, 6.07) is 22.7. The number of azo groups is 1. The van der Waals surface area contributed by atoms with Crippen molar-refractivity contribution in [3.8, 4) is 5.88 Å². The second kappa shape index (κ2) is 8.62. The minimum absolute atomic E-state index is 0.0501. The van der Waals surface area contributed by atoms with Crippen LogP contribution in [-0.4, -0.2) is 21.5 Å². The molecule has 7 nitrogen and oxygen atoms in total. The first-order chi connectivity index (χ1) is 15.1. The summed E-state index contributed by atoms with van der Waals surface area (Å²) in [6.45, 7) is 2.45. The topological polar surface area (TPSA) is 96.0 Å². The third-order valence-electron chi connectivity index (χ3n) is 4.92. The van der Waals surface area contributed by atoms with Crippen LogP contribution in [0.3, 0.4) is 0 Å². The average molecular weight is 412 g/mol. The minimum Gasteiger partial charge on any atom is -0.493 e. The van der Waals surface area contributed by atoms with Crippen molar-refractivity contribution in [3.63, 3.8) is 0 Å². The molecule has 0 aliphatic rings. The van der Waals surface area contributed by atoms with Gasteiger partial charge in [0, 0.05) is 17.5 Å². The molecular weight excluding hydrogens is 392 g/mol. The highest BCUT2D eigenvalue weighted by Crippen LogP contribution is 2.38. The summed E-state index contributed by atoms with van der Waals surface area (Å²) in [7, 11) is 0. The minimum atomic E-state index is -0.628. The molecule has 1 aromatic heterocycles. The van der Waals surface area contributed by atoms with Gasteiger partial charge in [-0.25, -0.2) is 0 Å². The van der Waals surface area contributed by atoms with Crippen LogP contribution in [0, 0.1) is 0 Å². The molecule has 0 saturated heterocycles. The highest BCUT2D eigenvalue weighted by atomic mass is 16.3. The Morgan fingerprint density at radius 1 is 0.935 bits per heavy atom. The van der Waals surface area contributed by atoms with Gasteiger partial charge in [0.05, 0.1) is 16.8 Å². The molecule has 0 radical (unpaired) electrons. The second-order valence-corrected chi connectivity index (χ2v) is 6.80. The number of aromatic hydroxyl groups is 1. The maximum Gasteiger partial charge on any atom is 0.297 e. The van der Waals surface area contributed by atoms with E-state index in [-0.39, 0.29) is 23.0 Å². The molecule has 0 atom stereocenters. The fourth-order valence-electron chi connectivity index (χ4n) is 3.40. The molecule has 3 aromatic carbocycles. The van der Waals surface area contributed by atoms with Gasteiger partial charge in [-0.15, -0.1) is 10.2 Å². The predicted octanol–water partition coefficient (Wildman–Crippen LogP) is 5.54.